The molecule has 1 N–H and O–H groups in total. The van der Waals surface area contributed by atoms with Gasteiger partial charge in [-0.3, -0.25) is 4.79 Å². The molecule has 1 heterocycles. The first-order valence-electron chi connectivity index (χ1n) is 4.67. The van der Waals surface area contributed by atoms with E-state index < -0.39 is 11.9 Å². The molecule has 1 aliphatic heterocycles. The Labute approximate surface area is 82.4 Å². The van der Waals surface area contributed by atoms with Crippen molar-refractivity contribution in [3.05, 3.63) is 36.6 Å². The molecule has 0 aromatic rings. The summed E-state index contributed by atoms with van der Waals surface area (Å²) >= 11 is 0. The fourth-order valence-corrected chi connectivity index (χ4v) is 1.78. The molecule has 0 fully saturated rings. The predicted molar refractivity (Wildman–Crippen MR) is 51.5 cm³/mol. The zero-order valence-corrected chi connectivity index (χ0v) is 7.67. The van der Waals surface area contributed by atoms with Crippen molar-refractivity contribution in [3.8, 4) is 0 Å². The van der Waals surface area contributed by atoms with Crippen LogP contribution in [0.15, 0.2) is 36.6 Å². The predicted octanol–water partition coefficient (Wildman–Crippen LogP) is 1.73. The van der Waals surface area contributed by atoms with Crippen molar-refractivity contribution in [1.29, 1.82) is 0 Å². The zero-order valence-electron chi connectivity index (χ0n) is 7.67. The molecule has 3 heteroatoms. The number of carbonyl (C=O) groups is 1. The summed E-state index contributed by atoms with van der Waals surface area (Å²) < 4.78 is 5.41. The highest BCUT2D eigenvalue weighted by molar-refractivity contribution is 5.72. The van der Waals surface area contributed by atoms with Crippen LogP contribution in [0.1, 0.15) is 6.42 Å². The summed E-state index contributed by atoms with van der Waals surface area (Å²) in [6, 6.07) is 0. The smallest absolute Gasteiger partial charge is 0.310 e. The van der Waals surface area contributed by atoms with E-state index in [-0.39, 0.29) is 12.0 Å². The van der Waals surface area contributed by atoms with Crippen LogP contribution in [-0.4, -0.2) is 17.2 Å². The minimum atomic E-state index is -0.784. The Kier molecular flexibility index (Phi) is 2.39. The van der Waals surface area contributed by atoms with Gasteiger partial charge in [0, 0.05) is 5.92 Å². The van der Waals surface area contributed by atoms with Gasteiger partial charge in [0.25, 0.3) is 0 Å². The molecule has 0 saturated heterocycles. The Hall–Kier alpha value is -1.51. The second-order valence-corrected chi connectivity index (χ2v) is 3.54. The molecule has 3 unspecified atom stereocenters. The van der Waals surface area contributed by atoms with E-state index in [9.17, 15) is 4.79 Å². The fraction of sp³-hybridized carbons (Fsp3) is 0.364. The second-order valence-electron chi connectivity index (χ2n) is 3.54. The van der Waals surface area contributed by atoms with Gasteiger partial charge < -0.3 is 9.84 Å². The van der Waals surface area contributed by atoms with Crippen LogP contribution in [0.5, 0.6) is 0 Å². The quantitative estimate of drug-likeness (QED) is 0.688. The number of rotatable bonds is 1. The number of allylic oxidation sites excluding steroid dienone is 2. The highest BCUT2D eigenvalue weighted by Crippen LogP contribution is 2.27. The number of aliphatic carboxylic acids is 1. The molecule has 2 aliphatic rings. The monoisotopic (exact) mass is 192 g/mol. The molecule has 0 aromatic heterocycles. The summed E-state index contributed by atoms with van der Waals surface area (Å²) in [7, 11) is 0. The van der Waals surface area contributed by atoms with Crippen molar-refractivity contribution >= 4 is 5.97 Å². The third-order valence-electron chi connectivity index (χ3n) is 2.58. The summed E-state index contributed by atoms with van der Waals surface area (Å²) in [5.41, 5.74) is 0. The highest BCUT2D eigenvalue weighted by Gasteiger charge is 2.27. The first-order valence-corrected chi connectivity index (χ1v) is 4.67. The molecule has 1 aliphatic carbocycles. The number of ether oxygens (including phenoxy) is 1. The Morgan fingerprint density at radius 2 is 2.07 bits per heavy atom. The van der Waals surface area contributed by atoms with Gasteiger partial charge in [-0.15, -0.1) is 0 Å². The second kappa shape index (κ2) is 3.70. The molecule has 0 amide bonds. The maximum Gasteiger partial charge on any atom is 0.310 e. The summed E-state index contributed by atoms with van der Waals surface area (Å²) in [5, 5.41) is 8.90. The summed E-state index contributed by atoms with van der Waals surface area (Å²) in [5.74, 6) is -1.04. The van der Waals surface area contributed by atoms with Crippen LogP contribution in [0.2, 0.25) is 0 Å². The number of fused-ring (bicyclic) bond motifs is 1. The summed E-state index contributed by atoms with van der Waals surface area (Å²) in [6.07, 6.45) is 11.6. The van der Waals surface area contributed by atoms with Gasteiger partial charge in [-0.05, 0) is 18.6 Å². The van der Waals surface area contributed by atoms with Gasteiger partial charge in [0.1, 0.15) is 6.10 Å². The maximum absolute atomic E-state index is 10.8. The molecule has 74 valence electrons. The van der Waals surface area contributed by atoms with Crippen molar-refractivity contribution < 1.29 is 14.6 Å². The van der Waals surface area contributed by atoms with Crippen LogP contribution in [0, 0.1) is 11.8 Å². The van der Waals surface area contributed by atoms with Crippen molar-refractivity contribution in [3.63, 3.8) is 0 Å². The third kappa shape index (κ3) is 1.71. The van der Waals surface area contributed by atoms with E-state index in [2.05, 4.69) is 0 Å². The lowest BCUT2D eigenvalue weighted by molar-refractivity contribution is -0.140. The van der Waals surface area contributed by atoms with Gasteiger partial charge in [0.2, 0.25) is 0 Å². The van der Waals surface area contributed by atoms with E-state index in [1.807, 2.05) is 24.3 Å². The number of hydrogen-bond acceptors (Lipinski definition) is 2. The van der Waals surface area contributed by atoms with E-state index in [0.717, 1.165) is 0 Å². The van der Waals surface area contributed by atoms with Crippen LogP contribution in [0.4, 0.5) is 0 Å². The molecular weight excluding hydrogens is 180 g/mol. The SMILES string of the molecule is O=C(O)C1C=COC2C=CC=CC2C1. The highest BCUT2D eigenvalue weighted by atomic mass is 16.5. The first-order chi connectivity index (χ1) is 6.77. The number of carboxylic acid groups (broad SMARTS) is 1. The van der Waals surface area contributed by atoms with Crippen LogP contribution < -0.4 is 0 Å². The number of carboxylic acids is 1. The lowest BCUT2D eigenvalue weighted by Gasteiger charge is -2.22. The van der Waals surface area contributed by atoms with E-state index >= 15 is 0 Å². The van der Waals surface area contributed by atoms with Gasteiger partial charge in [0.05, 0.1) is 12.2 Å². The zero-order chi connectivity index (χ0) is 9.97. The molecule has 0 aromatic carbocycles. The van der Waals surface area contributed by atoms with Crippen LogP contribution in [0.3, 0.4) is 0 Å². The Balaban J connectivity index is 2.14. The Morgan fingerprint density at radius 3 is 2.86 bits per heavy atom. The van der Waals surface area contributed by atoms with Crippen LogP contribution >= 0.6 is 0 Å². The van der Waals surface area contributed by atoms with Gasteiger partial charge >= 0.3 is 5.97 Å². The normalized spacial score (nSPS) is 34.4. The van der Waals surface area contributed by atoms with Crippen LogP contribution in [-0.2, 0) is 9.53 Å². The standard InChI is InChI=1S/C11H12O3/c12-11(13)9-5-6-14-10-4-2-1-3-8(10)7-9/h1-6,8-10H,7H2,(H,12,13). The van der Waals surface area contributed by atoms with E-state index in [1.54, 1.807) is 6.08 Å². The van der Waals surface area contributed by atoms with E-state index in [4.69, 9.17) is 9.84 Å². The lowest BCUT2D eigenvalue weighted by atomic mass is 9.88. The molecule has 0 radical (unpaired) electrons. The maximum atomic E-state index is 10.8. The summed E-state index contributed by atoms with van der Waals surface area (Å²) in [6.45, 7) is 0. The van der Waals surface area contributed by atoms with E-state index in [1.165, 1.54) is 6.26 Å². The van der Waals surface area contributed by atoms with Gasteiger partial charge in [-0.25, -0.2) is 0 Å². The Morgan fingerprint density at radius 1 is 1.29 bits per heavy atom. The molecule has 2 rings (SSSR count). The first kappa shape index (κ1) is 9.06. The molecule has 0 spiro atoms. The van der Waals surface area contributed by atoms with Crippen molar-refractivity contribution in [2.75, 3.05) is 0 Å². The summed E-state index contributed by atoms with van der Waals surface area (Å²) in [4.78, 5) is 10.8. The molecule has 3 nitrogen and oxygen atoms in total. The van der Waals surface area contributed by atoms with Gasteiger partial charge in [0.15, 0.2) is 0 Å². The average Bonchev–Trinajstić information content (AvgIpc) is 2.39. The van der Waals surface area contributed by atoms with Crippen molar-refractivity contribution in [2.45, 2.75) is 12.5 Å². The van der Waals surface area contributed by atoms with Crippen LogP contribution in [0.25, 0.3) is 0 Å². The minimum Gasteiger partial charge on any atom is -0.494 e. The van der Waals surface area contributed by atoms with E-state index in [0.29, 0.717) is 6.42 Å². The molecule has 0 saturated carbocycles. The third-order valence-corrected chi connectivity index (χ3v) is 2.58. The number of hydrogen-bond donors (Lipinski definition) is 1. The Bertz CT molecular complexity index is 314. The molecule has 0 bridgehead atoms. The topological polar surface area (TPSA) is 46.5 Å². The van der Waals surface area contributed by atoms with Crippen molar-refractivity contribution in [2.24, 2.45) is 11.8 Å². The minimum absolute atomic E-state index is 0.000556. The largest absolute Gasteiger partial charge is 0.494 e. The molecule has 3 atom stereocenters. The fourth-order valence-electron chi connectivity index (χ4n) is 1.78. The average molecular weight is 192 g/mol. The van der Waals surface area contributed by atoms with Gasteiger partial charge in [-0.1, -0.05) is 18.2 Å². The molecular formula is C11H12O3. The van der Waals surface area contributed by atoms with Crippen molar-refractivity contribution in [1.82, 2.24) is 0 Å². The van der Waals surface area contributed by atoms with Gasteiger partial charge in [-0.2, -0.15) is 0 Å². The lowest BCUT2D eigenvalue weighted by Crippen LogP contribution is -2.22. The molecule has 14 heavy (non-hydrogen) atoms.